The van der Waals surface area contributed by atoms with Gasteiger partial charge in [-0.3, -0.25) is 14.6 Å². The van der Waals surface area contributed by atoms with Crippen molar-refractivity contribution in [2.45, 2.75) is 6.42 Å². The lowest BCUT2D eigenvalue weighted by atomic mass is 10.3. The minimum absolute atomic E-state index is 0.0381. The number of carbonyl (C=O) groups is 2. The summed E-state index contributed by atoms with van der Waals surface area (Å²) in [7, 11) is 0. The molecule has 156 valence electrons. The van der Waals surface area contributed by atoms with Crippen molar-refractivity contribution in [1.82, 2.24) is 25.6 Å². The van der Waals surface area contributed by atoms with Crippen LogP contribution in [0.1, 0.15) is 16.9 Å². The number of carbonyl (C=O) groups excluding carboxylic acids is 2. The second kappa shape index (κ2) is 9.23. The van der Waals surface area contributed by atoms with Crippen molar-refractivity contribution in [3.8, 4) is 5.75 Å². The van der Waals surface area contributed by atoms with Gasteiger partial charge in [0.1, 0.15) is 17.3 Å². The number of pyridine rings is 1. The summed E-state index contributed by atoms with van der Waals surface area (Å²) >= 11 is 5.58. The van der Waals surface area contributed by atoms with Crippen molar-refractivity contribution in [2.75, 3.05) is 13.2 Å². The molecule has 0 aliphatic rings. The molecule has 1 aromatic carbocycles. The van der Waals surface area contributed by atoms with E-state index >= 15 is 0 Å². The molecule has 2 aromatic heterocycles. The first-order valence-electron chi connectivity index (χ1n) is 8.74. The van der Waals surface area contributed by atoms with Gasteiger partial charge in [0.25, 0.3) is 11.8 Å². The molecule has 4 N–H and O–H groups in total. The van der Waals surface area contributed by atoms with E-state index in [1.54, 1.807) is 6.07 Å². The van der Waals surface area contributed by atoms with Crippen LogP contribution in [0.2, 0.25) is 5.02 Å². The highest BCUT2D eigenvalue weighted by atomic mass is 35.5. The summed E-state index contributed by atoms with van der Waals surface area (Å²) in [6, 6.07) is 6.89. The Labute approximate surface area is 174 Å². The molecule has 2 amide bonds. The summed E-state index contributed by atoms with van der Waals surface area (Å²) in [6.45, 7) is 3.63. The minimum Gasteiger partial charge on any atom is -0.484 e. The van der Waals surface area contributed by atoms with Gasteiger partial charge in [0, 0.05) is 24.7 Å². The molecule has 0 fully saturated rings. The lowest BCUT2D eigenvalue weighted by Gasteiger charge is -2.10. The van der Waals surface area contributed by atoms with Crippen molar-refractivity contribution in [3.63, 3.8) is 0 Å². The van der Waals surface area contributed by atoms with E-state index in [4.69, 9.17) is 16.3 Å². The van der Waals surface area contributed by atoms with E-state index in [0.29, 0.717) is 11.2 Å². The van der Waals surface area contributed by atoms with Crippen LogP contribution in [0.15, 0.2) is 47.4 Å². The normalized spacial score (nSPS) is 10.6. The fourth-order valence-corrected chi connectivity index (χ4v) is 2.57. The average Bonchev–Trinajstić information content (AvgIpc) is 3.08. The standard InChI is InChI=1S/C19H17ClFN5O4/c1-10(23-18(28)15-5-4-14-17(24-15)26-19(29)25-14)6-7-22-16(27)9-30-11-2-3-12(20)13(21)8-11/h2-5,8H,1,6-7,9H2,(H,22,27)(H,23,28)(H2,24,25,26,29). The average molecular weight is 434 g/mol. The molecule has 0 saturated carbocycles. The molecule has 9 nitrogen and oxygen atoms in total. The summed E-state index contributed by atoms with van der Waals surface area (Å²) in [5, 5.41) is 5.13. The molecule has 0 atom stereocenters. The smallest absolute Gasteiger partial charge is 0.325 e. The van der Waals surface area contributed by atoms with Crippen LogP contribution >= 0.6 is 11.6 Å². The lowest BCUT2D eigenvalue weighted by Crippen LogP contribution is -2.31. The number of ether oxygens (including phenoxy) is 1. The Morgan fingerprint density at radius 1 is 1.23 bits per heavy atom. The SMILES string of the molecule is C=C(CCNC(=O)COc1ccc(Cl)c(F)c1)NC(=O)c1ccc2[nH]c(=O)[nH]c2n1. The van der Waals surface area contributed by atoms with Crippen LogP contribution in [0.4, 0.5) is 4.39 Å². The van der Waals surface area contributed by atoms with Crippen molar-refractivity contribution < 1.29 is 18.7 Å². The first kappa shape index (κ1) is 21.1. The fourth-order valence-electron chi connectivity index (χ4n) is 2.45. The molecular weight excluding hydrogens is 417 g/mol. The van der Waals surface area contributed by atoms with Gasteiger partial charge < -0.3 is 20.4 Å². The third-order valence-electron chi connectivity index (χ3n) is 3.91. The Hall–Kier alpha value is -3.66. The van der Waals surface area contributed by atoms with E-state index in [0.717, 1.165) is 6.07 Å². The monoisotopic (exact) mass is 433 g/mol. The lowest BCUT2D eigenvalue weighted by molar-refractivity contribution is -0.123. The zero-order valence-electron chi connectivity index (χ0n) is 15.6. The van der Waals surface area contributed by atoms with Gasteiger partial charge in [-0.25, -0.2) is 14.2 Å². The van der Waals surface area contributed by atoms with Crippen LogP contribution in [0.5, 0.6) is 5.75 Å². The van der Waals surface area contributed by atoms with Crippen LogP contribution in [-0.2, 0) is 4.79 Å². The second-order valence-corrected chi connectivity index (χ2v) is 6.60. The highest BCUT2D eigenvalue weighted by molar-refractivity contribution is 6.30. The number of benzene rings is 1. The predicted molar refractivity (Wildman–Crippen MR) is 108 cm³/mol. The number of H-pyrrole nitrogens is 2. The molecule has 0 bridgehead atoms. The number of nitrogens with one attached hydrogen (secondary N) is 4. The third kappa shape index (κ3) is 5.45. The van der Waals surface area contributed by atoms with E-state index in [9.17, 15) is 18.8 Å². The Kier molecular flexibility index (Phi) is 6.48. The molecule has 0 aliphatic heterocycles. The maximum atomic E-state index is 13.3. The van der Waals surface area contributed by atoms with E-state index in [2.05, 4.69) is 32.2 Å². The first-order valence-corrected chi connectivity index (χ1v) is 9.12. The molecule has 2 heterocycles. The third-order valence-corrected chi connectivity index (χ3v) is 4.21. The molecule has 0 aliphatic carbocycles. The van der Waals surface area contributed by atoms with Gasteiger partial charge in [-0.1, -0.05) is 18.2 Å². The maximum Gasteiger partial charge on any atom is 0.325 e. The maximum absolute atomic E-state index is 13.3. The number of halogens is 2. The first-order chi connectivity index (χ1) is 14.3. The zero-order valence-corrected chi connectivity index (χ0v) is 16.3. The van der Waals surface area contributed by atoms with Crippen LogP contribution in [-0.4, -0.2) is 39.9 Å². The van der Waals surface area contributed by atoms with Gasteiger partial charge >= 0.3 is 5.69 Å². The second-order valence-electron chi connectivity index (χ2n) is 6.19. The van der Waals surface area contributed by atoms with Crippen molar-refractivity contribution in [2.24, 2.45) is 0 Å². The zero-order chi connectivity index (χ0) is 21.7. The number of hydrogen-bond acceptors (Lipinski definition) is 5. The summed E-state index contributed by atoms with van der Waals surface area (Å²) in [5.74, 6) is -1.38. The van der Waals surface area contributed by atoms with Gasteiger partial charge in [-0.2, -0.15) is 0 Å². The van der Waals surface area contributed by atoms with Crippen molar-refractivity contribution in [3.05, 3.63) is 69.6 Å². The van der Waals surface area contributed by atoms with Crippen LogP contribution in [0.25, 0.3) is 11.2 Å². The van der Waals surface area contributed by atoms with Crippen LogP contribution in [0.3, 0.4) is 0 Å². The van der Waals surface area contributed by atoms with Crippen LogP contribution < -0.4 is 21.1 Å². The van der Waals surface area contributed by atoms with Crippen LogP contribution in [0, 0.1) is 5.82 Å². The Bertz CT molecular complexity index is 1170. The number of aromatic nitrogens is 3. The van der Waals surface area contributed by atoms with Gasteiger partial charge in [0.2, 0.25) is 0 Å². The number of amides is 2. The van der Waals surface area contributed by atoms with Gasteiger partial charge in [-0.15, -0.1) is 0 Å². The molecule has 0 saturated heterocycles. The molecule has 3 rings (SSSR count). The molecule has 11 heteroatoms. The highest BCUT2D eigenvalue weighted by Gasteiger charge is 2.11. The van der Waals surface area contributed by atoms with Gasteiger partial charge in [0.15, 0.2) is 12.3 Å². The quantitative estimate of drug-likeness (QED) is 0.431. The van der Waals surface area contributed by atoms with Crippen molar-refractivity contribution >= 4 is 34.6 Å². The summed E-state index contributed by atoms with van der Waals surface area (Å²) < 4.78 is 18.5. The molecule has 30 heavy (non-hydrogen) atoms. The molecule has 0 unspecified atom stereocenters. The molecular formula is C19H17ClFN5O4. The number of rotatable bonds is 8. The fraction of sp³-hybridized carbons (Fsp3) is 0.158. The number of fused-ring (bicyclic) bond motifs is 1. The number of aromatic amines is 2. The number of hydrogen-bond donors (Lipinski definition) is 4. The Morgan fingerprint density at radius 2 is 2.03 bits per heavy atom. The van der Waals surface area contributed by atoms with Gasteiger partial charge in [-0.05, 0) is 24.3 Å². The molecule has 3 aromatic rings. The Balaban J connectivity index is 1.41. The largest absolute Gasteiger partial charge is 0.484 e. The van der Waals surface area contributed by atoms with Crippen molar-refractivity contribution in [1.29, 1.82) is 0 Å². The number of nitrogens with zero attached hydrogens (tertiary/aromatic N) is 1. The predicted octanol–water partition coefficient (Wildman–Crippen LogP) is 1.87. The van der Waals surface area contributed by atoms with E-state index in [1.807, 2.05) is 0 Å². The number of imidazole rings is 1. The highest BCUT2D eigenvalue weighted by Crippen LogP contribution is 2.20. The summed E-state index contributed by atoms with van der Waals surface area (Å²) in [5.41, 5.74) is 0.810. The summed E-state index contributed by atoms with van der Waals surface area (Å²) in [4.78, 5) is 44.3. The molecule has 0 radical (unpaired) electrons. The minimum atomic E-state index is -0.641. The van der Waals surface area contributed by atoms with Gasteiger partial charge in [0.05, 0.1) is 10.5 Å². The van der Waals surface area contributed by atoms with E-state index in [1.165, 1.54) is 18.2 Å². The van der Waals surface area contributed by atoms with E-state index < -0.39 is 23.3 Å². The molecule has 0 spiro atoms. The Morgan fingerprint density at radius 3 is 2.80 bits per heavy atom. The van der Waals surface area contributed by atoms with E-state index in [-0.39, 0.29) is 41.7 Å². The topological polar surface area (TPSA) is 129 Å². The summed E-state index contributed by atoms with van der Waals surface area (Å²) in [6.07, 6.45) is 0.274.